The van der Waals surface area contributed by atoms with Gasteiger partial charge in [0, 0.05) is 6.42 Å². The number of carbonyl (C=O) groups excluding carboxylic acids is 2. The first-order valence-electron chi connectivity index (χ1n) is 9.29. The van der Waals surface area contributed by atoms with Gasteiger partial charge in [0.2, 0.25) is 5.71 Å². The Morgan fingerprint density at radius 1 is 1.19 bits per heavy atom. The van der Waals surface area contributed by atoms with E-state index in [1.54, 1.807) is 49.4 Å². The van der Waals surface area contributed by atoms with Crippen molar-refractivity contribution in [3.63, 3.8) is 0 Å². The average molecular weight is 418 g/mol. The van der Waals surface area contributed by atoms with Gasteiger partial charge in [-0.15, -0.1) is 0 Å². The molecular formula is C21H18N6O4. The van der Waals surface area contributed by atoms with E-state index in [-0.39, 0.29) is 18.6 Å². The van der Waals surface area contributed by atoms with Crippen molar-refractivity contribution in [3.05, 3.63) is 70.1 Å². The molecule has 3 N–H and O–H groups in total. The predicted octanol–water partition coefficient (Wildman–Crippen LogP) is 2.08. The summed E-state index contributed by atoms with van der Waals surface area (Å²) in [6, 6.07) is 15.8. The molecule has 10 nitrogen and oxygen atoms in total. The van der Waals surface area contributed by atoms with Crippen molar-refractivity contribution >= 4 is 34.4 Å². The monoisotopic (exact) mass is 418 g/mol. The van der Waals surface area contributed by atoms with E-state index in [1.807, 2.05) is 17.4 Å². The number of hydrazone groups is 1. The highest BCUT2D eigenvalue weighted by Crippen LogP contribution is 2.18. The molecule has 0 aliphatic carbocycles. The molecule has 0 radical (unpaired) electrons. The summed E-state index contributed by atoms with van der Waals surface area (Å²) in [6.45, 7) is 1.66. The van der Waals surface area contributed by atoms with Crippen LogP contribution in [-0.4, -0.2) is 34.3 Å². The minimum Gasteiger partial charge on any atom is -0.450 e. The minimum atomic E-state index is -1.00. The quantitative estimate of drug-likeness (QED) is 0.410. The van der Waals surface area contributed by atoms with Crippen LogP contribution in [0.1, 0.15) is 18.2 Å². The summed E-state index contributed by atoms with van der Waals surface area (Å²) in [6.07, 6.45) is -0.784. The number of para-hydroxylation sites is 3. The van der Waals surface area contributed by atoms with Crippen molar-refractivity contribution in [2.45, 2.75) is 13.3 Å². The molecule has 0 fully saturated rings. The minimum absolute atomic E-state index is 0.0751. The lowest BCUT2D eigenvalue weighted by atomic mass is 10.1. The fourth-order valence-corrected chi connectivity index (χ4v) is 2.71. The molecule has 0 saturated carbocycles. The van der Waals surface area contributed by atoms with Crippen molar-refractivity contribution < 1.29 is 14.3 Å². The van der Waals surface area contributed by atoms with Gasteiger partial charge in [0.25, 0.3) is 11.5 Å². The van der Waals surface area contributed by atoms with E-state index in [1.165, 1.54) is 0 Å². The molecule has 0 aliphatic rings. The molecule has 10 heteroatoms. The first kappa shape index (κ1) is 21.2. The molecule has 156 valence electrons. The maximum absolute atomic E-state index is 12.4. The number of imide groups is 1. The van der Waals surface area contributed by atoms with Crippen molar-refractivity contribution in [2.24, 2.45) is 5.10 Å². The molecule has 31 heavy (non-hydrogen) atoms. The van der Waals surface area contributed by atoms with E-state index < -0.39 is 17.7 Å². The normalized spacial score (nSPS) is 10.9. The number of benzene rings is 2. The molecule has 1 heterocycles. The highest BCUT2D eigenvalue weighted by Gasteiger charge is 2.16. The fourth-order valence-electron chi connectivity index (χ4n) is 2.71. The molecule has 0 unspecified atom stereocenters. The lowest BCUT2D eigenvalue weighted by Crippen LogP contribution is -2.36. The Labute approximate surface area is 176 Å². The van der Waals surface area contributed by atoms with E-state index in [2.05, 4.69) is 25.2 Å². The number of carbonyl (C=O) groups is 2. The number of H-pyrrole nitrogens is 1. The van der Waals surface area contributed by atoms with Crippen LogP contribution in [0.15, 0.2) is 58.4 Å². The van der Waals surface area contributed by atoms with Crippen LogP contribution in [0, 0.1) is 11.3 Å². The number of nitrogens with one attached hydrogen (secondary N) is 3. The number of aromatic amines is 1. The number of aromatic nitrogens is 2. The molecule has 0 atom stereocenters. The van der Waals surface area contributed by atoms with E-state index in [9.17, 15) is 14.4 Å². The molecule has 2 amide bonds. The number of ether oxygens (including phenoxy) is 1. The third kappa shape index (κ3) is 5.30. The number of hydrogen-bond acceptors (Lipinski definition) is 8. The van der Waals surface area contributed by atoms with Crippen LogP contribution >= 0.6 is 0 Å². The molecule has 0 spiro atoms. The van der Waals surface area contributed by atoms with Crippen molar-refractivity contribution in [1.82, 2.24) is 15.3 Å². The summed E-state index contributed by atoms with van der Waals surface area (Å²) in [5.41, 5.74) is 4.49. The summed E-state index contributed by atoms with van der Waals surface area (Å²) in [5.74, 6) is -1.00. The Morgan fingerprint density at radius 2 is 1.94 bits per heavy atom. The number of rotatable bonds is 6. The second-order valence-electron chi connectivity index (χ2n) is 6.22. The van der Waals surface area contributed by atoms with Gasteiger partial charge in [0.15, 0.2) is 0 Å². The molecular weight excluding hydrogens is 400 g/mol. The molecule has 3 rings (SSSR count). The zero-order valence-corrected chi connectivity index (χ0v) is 16.5. The summed E-state index contributed by atoms with van der Waals surface area (Å²) in [4.78, 5) is 42.9. The van der Waals surface area contributed by atoms with Crippen LogP contribution < -0.4 is 16.3 Å². The Balaban J connectivity index is 1.82. The van der Waals surface area contributed by atoms with Crippen LogP contribution in [-0.2, 0) is 16.0 Å². The number of nitrogens with zero attached hydrogens (tertiary/aromatic N) is 3. The van der Waals surface area contributed by atoms with Gasteiger partial charge in [-0.2, -0.15) is 10.4 Å². The number of hydrogen-bond donors (Lipinski definition) is 3. The molecule has 3 aromatic rings. The average Bonchev–Trinajstić information content (AvgIpc) is 2.76. The highest BCUT2D eigenvalue weighted by atomic mass is 16.5. The van der Waals surface area contributed by atoms with Gasteiger partial charge in [-0.3, -0.25) is 20.3 Å². The summed E-state index contributed by atoms with van der Waals surface area (Å²) >= 11 is 0. The van der Waals surface area contributed by atoms with Crippen molar-refractivity contribution in [3.8, 4) is 6.07 Å². The third-order valence-corrected chi connectivity index (χ3v) is 4.15. The van der Waals surface area contributed by atoms with Crippen LogP contribution in [0.5, 0.6) is 0 Å². The molecule has 0 aliphatic heterocycles. The van der Waals surface area contributed by atoms with Crippen molar-refractivity contribution in [1.29, 1.82) is 5.26 Å². The summed E-state index contributed by atoms with van der Waals surface area (Å²) in [7, 11) is 0. The van der Waals surface area contributed by atoms with Gasteiger partial charge < -0.3 is 9.72 Å². The zero-order valence-electron chi connectivity index (χ0n) is 16.5. The van der Waals surface area contributed by atoms with E-state index in [0.717, 1.165) is 0 Å². The fraction of sp³-hybridized carbons (Fsp3) is 0.143. The van der Waals surface area contributed by atoms with Crippen molar-refractivity contribution in [2.75, 3.05) is 12.0 Å². The lowest BCUT2D eigenvalue weighted by molar-refractivity contribution is -0.114. The van der Waals surface area contributed by atoms with E-state index in [0.29, 0.717) is 28.0 Å². The van der Waals surface area contributed by atoms with Gasteiger partial charge in [-0.05, 0) is 30.7 Å². The Bertz CT molecular complexity index is 1260. The lowest BCUT2D eigenvalue weighted by Gasteiger charge is -2.09. The molecule has 2 aromatic carbocycles. The van der Waals surface area contributed by atoms with Crippen LogP contribution in [0.25, 0.3) is 11.0 Å². The Hall–Kier alpha value is -4.52. The highest BCUT2D eigenvalue weighted by molar-refractivity contribution is 6.46. The summed E-state index contributed by atoms with van der Waals surface area (Å²) in [5, 5.41) is 14.8. The maximum Gasteiger partial charge on any atom is 0.414 e. The van der Waals surface area contributed by atoms with Crippen LogP contribution in [0.3, 0.4) is 0 Å². The SMILES string of the molecule is CCOC(=O)NC(=O)/C(C#N)=N/Nc1ccccc1Cc1nc2ccccc2[nH]c1=O. The van der Waals surface area contributed by atoms with Gasteiger partial charge in [-0.25, -0.2) is 9.78 Å². The summed E-state index contributed by atoms with van der Waals surface area (Å²) < 4.78 is 4.60. The molecule has 0 bridgehead atoms. The predicted molar refractivity (Wildman–Crippen MR) is 113 cm³/mol. The van der Waals surface area contributed by atoms with Crippen LogP contribution in [0.2, 0.25) is 0 Å². The van der Waals surface area contributed by atoms with Crippen LogP contribution in [0.4, 0.5) is 10.5 Å². The first-order chi connectivity index (χ1) is 15.0. The van der Waals surface area contributed by atoms with E-state index >= 15 is 0 Å². The standard InChI is InChI=1S/C21H18N6O4/c1-2-31-21(30)25-20(29)18(12-22)27-26-14-8-4-3-7-13(14)11-17-19(28)24-16-10-6-5-9-15(16)23-17/h3-10,26H,2,11H2,1H3,(H,24,28)(H,25,29,30)/b27-18+. The maximum atomic E-state index is 12.4. The number of amides is 2. The Morgan fingerprint density at radius 3 is 2.71 bits per heavy atom. The molecule has 0 saturated heterocycles. The second-order valence-corrected chi connectivity index (χ2v) is 6.22. The number of alkyl carbamates (subject to hydrolysis) is 1. The van der Waals surface area contributed by atoms with Gasteiger partial charge in [-0.1, -0.05) is 30.3 Å². The van der Waals surface area contributed by atoms with Gasteiger partial charge in [0.05, 0.1) is 23.3 Å². The first-order valence-corrected chi connectivity index (χ1v) is 9.29. The smallest absolute Gasteiger partial charge is 0.414 e. The largest absolute Gasteiger partial charge is 0.450 e. The van der Waals surface area contributed by atoms with Gasteiger partial charge in [0.1, 0.15) is 11.8 Å². The van der Waals surface area contributed by atoms with Gasteiger partial charge >= 0.3 is 6.09 Å². The Kier molecular flexibility index (Phi) is 6.70. The number of nitriles is 1. The second kappa shape index (κ2) is 9.80. The number of anilines is 1. The van der Waals surface area contributed by atoms with E-state index in [4.69, 9.17) is 5.26 Å². The zero-order chi connectivity index (χ0) is 22.2. The topological polar surface area (TPSA) is 149 Å². The number of fused-ring (bicyclic) bond motifs is 1. The third-order valence-electron chi connectivity index (χ3n) is 4.15. The molecule has 1 aromatic heterocycles.